The summed E-state index contributed by atoms with van der Waals surface area (Å²) in [6.45, 7) is -1.18. The van der Waals surface area contributed by atoms with Crippen molar-refractivity contribution in [2.75, 3.05) is 20.3 Å². The summed E-state index contributed by atoms with van der Waals surface area (Å²) in [5.74, 6) is -2.21. The van der Waals surface area contributed by atoms with Gasteiger partial charge in [0.1, 0.15) is 24.9 Å². The molecule has 1 rings (SSSR count). The van der Waals surface area contributed by atoms with E-state index in [-0.39, 0.29) is 12.8 Å². The molecule has 1 aliphatic rings. The number of nitrogens with zero attached hydrogens (tertiary/aromatic N) is 3. The summed E-state index contributed by atoms with van der Waals surface area (Å²) in [5.41, 5.74) is 8.20. The third-order valence-corrected chi connectivity index (χ3v) is 3.60. The van der Waals surface area contributed by atoms with Gasteiger partial charge in [0.05, 0.1) is 12.6 Å². The van der Waals surface area contributed by atoms with E-state index in [4.69, 9.17) is 20.1 Å². The average molecular weight is 332 g/mol. The van der Waals surface area contributed by atoms with E-state index in [2.05, 4.69) is 15.3 Å². The summed E-state index contributed by atoms with van der Waals surface area (Å²) in [7, 11) is 1.25. The maximum atomic E-state index is 11.7. The normalized spacial score (nSPS) is 29.9. The molecule has 0 saturated carbocycles. The van der Waals surface area contributed by atoms with Crippen molar-refractivity contribution >= 4 is 12.2 Å². The van der Waals surface area contributed by atoms with Crippen molar-refractivity contribution in [2.24, 2.45) is 5.11 Å². The Bertz CT molecular complexity index is 470. The first-order valence-electron chi connectivity index (χ1n) is 6.89. The highest BCUT2D eigenvalue weighted by molar-refractivity contribution is 5.78. The van der Waals surface area contributed by atoms with Gasteiger partial charge in [-0.1, -0.05) is 5.11 Å². The van der Waals surface area contributed by atoms with Gasteiger partial charge in [-0.2, -0.15) is 0 Å². The van der Waals surface area contributed by atoms with Gasteiger partial charge in [-0.3, -0.25) is 9.59 Å². The molecule has 1 fully saturated rings. The van der Waals surface area contributed by atoms with Gasteiger partial charge in [0.15, 0.2) is 6.29 Å². The molecule has 0 aromatic carbocycles. The molecule has 11 heteroatoms. The van der Waals surface area contributed by atoms with Crippen LogP contribution in [0.25, 0.3) is 10.4 Å². The zero-order valence-electron chi connectivity index (χ0n) is 12.5. The number of carbonyl (C=O) groups is 2. The van der Waals surface area contributed by atoms with Crippen LogP contribution in [0.15, 0.2) is 5.11 Å². The summed E-state index contributed by atoms with van der Waals surface area (Å²) in [4.78, 5) is 25.3. The molecule has 5 atom stereocenters. The van der Waals surface area contributed by atoms with Gasteiger partial charge in [0.2, 0.25) is 11.7 Å². The lowest BCUT2D eigenvalue weighted by atomic mass is 9.91. The first-order valence-corrected chi connectivity index (χ1v) is 6.89. The highest BCUT2D eigenvalue weighted by Crippen LogP contribution is 2.30. The van der Waals surface area contributed by atoms with Crippen LogP contribution >= 0.6 is 0 Å². The average Bonchev–Trinajstić information content (AvgIpc) is 2.59. The van der Waals surface area contributed by atoms with Gasteiger partial charge in [0, 0.05) is 18.4 Å². The summed E-state index contributed by atoms with van der Waals surface area (Å²) in [6.07, 6.45) is -3.57. The van der Waals surface area contributed by atoms with Gasteiger partial charge in [-0.25, -0.2) is 0 Å². The molecule has 0 spiro atoms. The molecular weight excluding hydrogens is 312 g/mol. The molecular formula is C12H20N4O7. The predicted molar refractivity (Wildman–Crippen MR) is 75.0 cm³/mol. The van der Waals surface area contributed by atoms with Crippen LogP contribution in [-0.4, -0.2) is 77.9 Å². The number of ether oxygens (including phenoxy) is 2. The van der Waals surface area contributed by atoms with Crippen molar-refractivity contribution in [3.63, 3.8) is 0 Å². The monoisotopic (exact) mass is 332 g/mol. The van der Waals surface area contributed by atoms with Crippen LogP contribution in [0.5, 0.6) is 0 Å². The van der Waals surface area contributed by atoms with E-state index in [1.165, 1.54) is 7.11 Å². The smallest absolute Gasteiger partial charge is 0.226 e. The minimum absolute atomic E-state index is 0.109. The van der Waals surface area contributed by atoms with Crippen LogP contribution < -0.4 is 5.32 Å². The van der Waals surface area contributed by atoms with Gasteiger partial charge < -0.3 is 30.1 Å². The number of carbonyl (C=O) groups excluding carboxylic acids is 2. The summed E-state index contributed by atoms with van der Waals surface area (Å²) < 4.78 is 10.5. The lowest BCUT2D eigenvalue weighted by molar-refractivity contribution is -0.272. The Morgan fingerprint density at radius 1 is 1.65 bits per heavy atom. The van der Waals surface area contributed by atoms with E-state index in [0.717, 1.165) is 0 Å². The predicted octanol–water partition coefficient (Wildman–Crippen LogP) is -1.78. The molecule has 0 radical (unpaired) electrons. The number of amides is 1. The van der Waals surface area contributed by atoms with Crippen molar-refractivity contribution in [1.82, 2.24) is 5.32 Å². The van der Waals surface area contributed by atoms with Gasteiger partial charge >= 0.3 is 0 Å². The van der Waals surface area contributed by atoms with Crippen LogP contribution in [0.1, 0.15) is 12.8 Å². The fourth-order valence-electron chi connectivity index (χ4n) is 2.31. The minimum Gasteiger partial charge on any atom is -0.394 e. The zero-order valence-corrected chi connectivity index (χ0v) is 12.5. The van der Waals surface area contributed by atoms with E-state index in [9.17, 15) is 19.8 Å². The molecule has 1 heterocycles. The molecule has 0 aromatic rings. The fraction of sp³-hybridized carbons (Fsp3) is 0.833. The van der Waals surface area contributed by atoms with E-state index in [0.29, 0.717) is 6.29 Å². The summed E-state index contributed by atoms with van der Waals surface area (Å²) >= 11 is 0. The number of aliphatic hydroxyl groups excluding tert-OH is 3. The second kappa shape index (κ2) is 8.77. The highest BCUT2D eigenvalue weighted by atomic mass is 16.7. The van der Waals surface area contributed by atoms with Crippen molar-refractivity contribution in [2.45, 2.75) is 43.0 Å². The number of aliphatic hydroxyl groups is 3. The number of hydrogen-bond acceptors (Lipinski definition) is 8. The van der Waals surface area contributed by atoms with E-state index < -0.39 is 49.2 Å². The second-order valence-corrected chi connectivity index (χ2v) is 5.06. The number of methoxy groups -OCH3 is 1. The first-order chi connectivity index (χ1) is 10.9. The fourth-order valence-corrected chi connectivity index (χ4v) is 2.31. The van der Waals surface area contributed by atoms with E-state index in [1.807, 2.05) is 0 Å². The first kappa shape index (κ1) is 19.3. The Morgan fingerprint density at radius 3 is 2.87 bits per heavy atom. The molecule has 0 aromatic heterocycles. The lowest BCUT2D eigenvalue weighted by Gasteiger charge is -2.43. The summed E-state index contributed by atoms with van der Waals surface area (Å²) in [6, 6.07) is -0.768. The van der Waals surface area contributed by atoms with E-state index in [1.54, 1.807) is 0 Å². The molecule has 1 amide bonds. The van der Waals surface area contributed by atoms with Crippen LogP contribution in [0, 0.1) is 0 Å². The Labute approximate surface area is 131 Å². The molecule has 0 aliphatic carbocycles. The number of rotatable bonds is 8. The number of azide groups is 1. The molecule has 130 valence electrons. The Hall–Kier alpha value is -1.75. The highest BCUT2D eigenvalue weighted by Gasteiger charge is 2.46. The number of aldehydes is 1. The number of hydrogen-bond donors (Lipinski definition) is 4. The van der Waals surface area contributed by atoms with E-state index >= 15 is 0 Å². The standard InChI is InChI=1S/C12H20N4O7/c1-22-12(6-18)3-2-7(15-9(20)4-14-16-13)11(23-12)10(21)8(19)5-17/h6-8,10-11,17,19,21H,2-5H2,1H3,(H,15,20)/t7-,8-,10-,11?,12-/m1/s1. The van der Waals surface area contributed by atoms with Gasteiger partial charge in [-0.15, -0.1) is 0 Å². The molecule has 11 nitrogen and oxygen atoms in total. The maximum absolute atomic E-state index is 11.7. The quantitative estimate of drug-likeness (QED) is 0.176. The molecule has 1 aliphatic heterocycles. The molecule has 4 N–H and O–H groups in total. The minimum atomic E-state index is -1.60. The topological polar surface area (TPSA) is 174 Å². The van der Waals surface area contributed by atoms with Gasteiger partial charge in [-0.05, 0) is 12.0 Å². The van der Waals surface area contributed by atoms with Crippen molar-refractivity contribution in [3.05, 3.63) is 10.4 Å². The summed E-state index contributed by atoms with van der Waals surface area (Å²) in [5, 5.41) is 34.3. The number of nitrogens with one attached hydrogen (secondary N) is 1. The zero-order chi connectivity index (χ0) is 17.5. The van der Waals surface area contributed by atoms with Gasteiger partial charge in [0.25, 0.3) is 0 Å². The second-order valence-electron chi connectivity index (χ2n) is 5.06. The maximum Gasteiger partial charge on any atom is 0.226 e. The largest absolute Gasteiger partial charge is 0.394 e. The van der Waals surface area contributed by atoms with Crippen LogP contribution in [0.4, 0.5) is 0 Å². The Kier molecular flexibility index (Phi) is 7.36. The van der Waals surface area contributed by atoms with Crippen LogP contribution in [0.2, 0.25) is 0 Å². The lowest BCUT2D eigenvalue weighted by Crippen LogP contribution is -2.61. The third-order valence-electron chi connectivity index (χ3n) is 3.60. The van der Waals surface area contributed by atoms with Crippen molar-refractivity contribution in [3.8, 4) is 0 Å². The Balaban J connectivity index is 2.92. The molecule has 0 bridgehead atoms. The SMILES string of the molecule is CO[C@]1(C=O)CC[C@@H](NC(=O)CN=[N+]=[N-])C([C@H](O)[C@H](O)CO)O1. The Morgan fingerprint density at radius 2 is 2.35 bits per heavy atom. The molecule has 23 heavy (non-hydrogen) atoms. The van der Waals surface area contributed by atoms with Crippen molar-refractivity contribution < 1.29 is 34.4 Å². The molecule has 1 saturated heterocycles. The molecule has 1 unspecified atom stereocenters. The van der Waals surface area contributed by atoms with Crippen LogP contribution in [0.3, 0.4) is 0 Å². The third kappa shape index (κ3) is 4.86. The van der Waals surface area contributed by atoms with Crippen LogP contribution in [-0.2, 0) is 19.1 Å². The van der Waals surface area contributed by atoms with Crippen molar-refractivity contribution in [1.29, 1.82) is 0 Å².